The number of hydrogen-bond acceptors (Lipinski definition) is 7. The second-order valence-electron chi connectivity index (χ2n) is 8.88. The van der Waals surface area contributed by atoms with E-state index in [0.29, 0.717) is 5.92 Å². The zero-order valence-corrected chi connectivity index (χ0v) is 19.7. The molecule has 33 heavy (non-hydrogen) atoms. The first kappa shape index (κ1) is 21.7. The van der Waals surface area contributed by atoms with E-state index in [4.69, 9.17) is 0 Å². The van der Waals surface area contributed by atoms with E-state index in [1.54, 1.807) is 18.3 Å². The SMILES string of the molecule is CC(=O)N1CCN(c2ccc(Nc3cc4c(C5CCCCC5)c(C#N)sc4cn3)nc2)CC1. The first-order valence-corrected chi connectivity index (χ1v) is 12.5. The fourth-order valence-corrected chi connectivity index (χ4v) is 6.06. The number of nitrogens with one attached hydrogen (secondary N) is 1. The number of pyridine rings is 2. The van der Waals surface area contributed by atoms with E-state index in [1.807, 2.05) is 23.4 Å². The summed E-state index contributed by atoms with van der Waals surface area (Å²) in [5.41, 5.74) is 2.28. The van der Waals surface area contributed by atoms with Crippen LogP contribution in [-0.2, 0) is 4.79 Å². The molecule has 3 aromatic heterocycles. The molecule has 1 N–H and O–H groups in total. The molecule has 0 spiro atoms. The Morgan fingerprint density at radius 2 is 1.85 bits per heavy atom. The third kappa shape index (κ3) is 4.51. The van der Waals surface area contributed by atoms with Gasteiger partial charge in [-0.05, 0) is 42.5 Å². The summed E-state index contributed by atoms with van der Waals surface area (Å²) in [6, 6.07) is 8.53. The molecule has 0 unspecified atom stereocenters. The van der Waals surface area contributed by atoms with Crippen LogP contribution < -0.4 is 10.2 Å². The van der Waals surface area contributed by atoms with Gasteiger partial charge in [0, 0.05) is 44.7 Å². The average Bonchev–Trinajstić information content (AvgIpc) is 3.23. The maximum Gasteiger partial charge on any atom is 0.219 e. The number of carbonyl (C=O) groups is 1. The summed E-state index contributed by atoms with van der Waals surface area (Å²) in [6.07, 6.45) is 9.84. The largest absolute Gasteiger partial charge is 0.367 e. The standard InChI is InChI=1S/C25H28N6OS/c1-17(32)30-9-11-31(12-10-30)19-7-8-23(27-15-19)29-24-13-20-22(16-28-24)33-21(14-26)25(20)18-5-3-2-4-6-18/h7-8,13,15-16,18H,2-6,9-12H2,1H3,(H,27,28,29). The van der Waals surface area contributed by atoms with Gasteiger partial charge in [0.15, 0.2) is 0 Å². The van der Waals surface area contributed by atoms with Gasteiger partial charge in [-0.1, -0.05) is 19.3 Å². The molecule has 8 heteroatoms. The summed E-state index contributed by atoms with van der Waals surface area (Å²) in [6.45, 7) is 4.74. The molecule has 0 radical (unpaired) electrons. The molecule has 0 aromatic carbocycles. The molecule has 1 aliphatic carbocycles. The lowest BCUT2D eigenvalue weighted by atomic mass is 9.83. The minimum Gasteiger partial charge on any atom is -0.367 e. The summed E-state index contributed by atoms with van der Waals surface area (Å²) in [5, 5.41) is 14.2. The molecule has 3 aromatic rings. The molecule has 1 amide bonds. The van der Waals surface area contributed by atoms with Crippen LogP contribution in [0.5, 0.6) is 0 Å². The van der Waals surface area contributed by atoms with Gasteiger partial charge in [-0.15, -0.1) is 11.3 Å². The Balaban J connectivity index is 1.33. The number of piperazine rings is 1. The van der Waals surface area contributed by atoms with Crippen LogP contribution in [0.25, 0.3) is 10.1 Å². The predicted octanol–water partition coefficient (Wildman–Crippen LogP) is 5.02. The highest BCUT2D eigenvalue weighted by atomic mass is 32.1. The van der Waals surface area contributed by atoms with Crippen molar-refractivity contribution < 1.29 is 4.79 Å². The maximum atomic E-state index is 11.5. The van der Waals surface area contributed by atoms with Crippen LogP contribution in [0.15, 0.2) is 30.6 Å². The normalized spacial score (nSPS) is 17.2. The summed E-state index contributed by atoms with van der Waals surface area (Å²) < 4.78 is 1.07. The van der Waals surface area contributed by atoms with Crippen molar-refractivity contribution >= 4 is 44.7 Å². The van der Waals surface area contributed by atoms with Crippen molar-refractivity contribution in [3.63, 3.8) is 0 Å². The number of nitriles is 1. The van der Waals surface area contributed by atoms with Gasteiger partial charge in [-0.25, -0.2) is 9.97 Å². The molecule has 4 heterocycles. The van der Waals surface area contributed by atoms with E-state index in [1.165, 1.54) is 24.8 Å². The minimum atomic E-state index is 0.135. The summed E-state index contributed by atoms with van der Waals surface area (Å²) in [5.74, 6) is 2.09. The second-order valence-corrected chi connectivity index (χ2v) is 9.93. The number of carbonyl (C=O) groups excluding carboxylic acids is 1. The van der Waals surface area contributed by atoms with E-state index in [0.717, 1.165) is 71.3 Å². The molecule has 7 nitrogen and oxygen atoms in total. The topological polar surface area (TPSA) is 85.2 Å². The first-order valence-electron chi connectivity index (χ1n) is 11.7. The molecular formula is C25H28N6OS. The molecule has 1 saturated carbocycles. The van der Waals surface area contributed by atoms with Crippen molar-refractivity contribution in [3.8, 4) is 6.07 Å². The van der Waals surface area contributed by atoms with Crippen LogP contribution in [0, 0.1) is 11.3 Å². The second kappa shape index (κ2) is 9.36. The van der Waals surface area contributed by atoms with E-state index in [9.17, 15) is 10.1 Å². The van der Waals surface area contributed by atoms with Gasteiger partial charge in [0.25, 0.3) is 0 Å². The van der Waals surface area contributed by atoms with Gasteiger partial charge < -0.3 is 15.1 Å². The molecule has 5 rings (SSSR count). The molecule has 0 atom stereocenters. The van der Waals surface area contributed by atoms with Crippen molar-refractivity contribution in [2.75, 3.05) is 36.4 Å². The summed E-state index contributed by atoms with van der Waals surface area (Å²) in [4.78, 5) is 25.7. The van der Waals surface area contributed by atoms with Gasteiger partial charge in [0.05, 0.1) is 16.6 Å². The van der Waals surface area contributed by atoms with Crippen LogP contribution in [-0.4, -0.2) is 47.0 Å². The highest BCUT2D eigenvalue weighted by molar-refractivity contribution is 7.19. The summed E-state index contributed by atoms with van der Waals surface area (Å²) in [7, 11) is 0. The number of aromatic nitrogens is 2. The van der Waals surface area contributed by atoms with Crippen molar-refractivity contribution in [2.45, 2.75) is 44.9 Å². The molecule has 170 valence electrons. The van der Waals surface area contributed by atoms with E-state index >= 15 is 0 Å². The number of fused-ring (bicyclic) bond motifs is 1. The van der Waals surface area contributed by atoms with Crippen LogP contribution >= 0.6 is 11.3 Å². The monoisotopic (exact) mass is 460 g/mol. The number of nitrogens with zero attached hydrogens (tertiary/aromatic N) is 5. The van der Waals surface area contributed by atoms with Crippen LogP contribution in [0.4, 0.5) is 17.3 Å². The van der Waals surface area contributed by atoms with Gasteiger partial charge in [-0.2, -0.15) is 5.26 Å². The third-order valence-corrected chi connectivity index (χ3v) is 7.88. The Kier molecular flexibility index (Phi) is 6.14. The Morgan fingerprint density at radius 3 is 2.52 bits per heavy atom. The van der Waals surface area contributed by atoms with Gasteiger partial charge in [0.2, 0.25) is 5.91 Å². The highest BCUT2D eigenvalue weighted by Gasteiger charge is 2.24. The zero-order valence-electron chi connectivity index (χ0n) is 18.9. The van der Waals surface area contributed by atoms with E-state index in [-0.39, 0.29) is 5.91 Å². The lowest BCUT2D eigenvalue weighted by Gasteiger charge is -2.35. The number of rotatable bonds is 4. The molecule has 2 fully saturated rings. The Bertz CT molecular complexity index is 1180. The van der Waals surface area contributed by atoms with Crippen molar-refractivity contribution in [1.29, 1.82) is 5.26 Å². The van der Waals surface area contributed by atoms with Crippen LogP contribution in [0.2, 0.25) is 0 Å². The Hall–Kier alpha value is -3.18. The molecular weight excluding hydrogens is 432 g/mol. The first-order chi connectivity index (χ1) is 16.1. The van der Waals surface area contributed by atoms with E-state index < -0.39 is 0 Å². The quantitative estimate of drug-likeness (QED) is 0.588. The van der Waals surface area contributed by atoms with Gasteiger partial charge in [-0.3, -0.25) is 4.79 Å². The fourth-order valence-electron chi connectivity index (χ4n) is 5.03. The van der Waals surface area contributed by atoms with Crippen LogP contribution in [0.1, 0.15) is 55.4 Å². The number of hydrogen-bond donors (Lipinski definition) is 1. The Morgan fingerprint density at radius 1 is 1.09 bits per heavy atom. The fraction of sp³-hybridized carbons (Fsp3) is 0.440. The lowest BCUT2D eigenvalue weighted by Crippen LogP contribution is -2.48. The summed E-state index contributed by atoms with van der Waals surface area (Å²) >= 11 is 1.56. The number of thiophene rings is 1. The highest BCUT2D eigenvalue weighted by Crippen LogP contribution is 2.42. The number of amides is 1. The maximum absolute atomic E-state index is 11.5. The van der Waals surface area contributed by atoms with Crippen LogP contribution in [0.3, 0.4) is 0 Å². The van der Waals surface area contributed by atoms with E-state index in [2.05, 4.69) is 38.4 Å². The van der Waals surface area contributed by atoms with Crippen molar-refractivity contribution in [1.82, 2.24) is 14.9 Å². The van der Waals surface area contributed by atoms with Gasteiger partial charge in [0.1, 0.15) is 22.6 Å². The predicted molar refractivity (Wildman–Crippen MR) is 132 cm³/mol. The molecule has 0 bridgehead atoms. The number of anilines is 3. The van der Waals surface area contributed by atoms with Crippen molar-refractivity contribution in [2.24, 2.45) is 0 Å². The minimum absolute atomic E-state index is 0.135. The molecule has 1 saturated heterocycles. The third-order valence-electron chi connectivity index (χ3n) is 6.82. The average molecular weight is 461 g/mol. The van der Waals surface area contributed by atoms with Gasteiger partial charge >= 0.3 is 0 Å². The van der Waals surface area contributed by atoms with Crippen molar-refractivity contribution in [3.05, 3.63) is 41.0 Å². The smallest absolute Gasteiger partial charge is 0.219 e. The lowest BCUT2D eigenvalue weighted by molar-refractivity contribution is -0.129. The Labute approximate surface area is 198 Å². The molecule has 1 aliphatic heterocycles. The zero-order chi connectivity index (χ0) is 22.8. The molecule has 2 aliphatic rings.